The van der Waals surface area contributed by atoms with Gasteiger partial charge >= 0.3 is 0 Å². The van der Waals surface area contributed by atoms with Crippen molar-refractivity contribution >= 4 is 17.5 Å². The van der Waals surface area contributed by atoms with Crippen LogP contribution in [0.2, 0.25) is 0 Å². The molecule has 3 unspecified atom stereocenters. The number of hydrogen-bond donors (Lipinski definition) is 0. The van der Waals surface area contributed by atoms with Crippen LogP contribution < -0.4 is 4.90 Å². The van der Waals surface area contributed by atoms with Gasteiger partial charge in [0.05, 0.1) is 11.8 Å². The van der Waals surface area contributed by atoms with Crippen molar-refractivity contribution in [2.45, 2.75) is 39.7 Å². The maximum atomic E-state index is 12.9. The van der Waals surface area contributed by atoms with Gasteiger partial charge in [0.1, 0.15) is 0 Å². The number of anilines is 1. The molecule has 1 aromatic carbocycles. The summed E-state index contributed by atoms with van der Waals surface area (Å²) in [7, 11) is 0. The van der Waals surface area contributed by atoms with Crippen molar-refractivity contribution in [3.63, 3.8) is 0 Å². The van der Waals surface area contributed by atoms with E-state index in [0.717, 1.165) is 25.2 Å². The van der Waals surface area contributed by atoms with Gasteiger partial charge < -0.3 is 9.80 Å². The molecule has 0 radical (unpaired) electrons. The molecule has 1 aliphatic carbocycles. The Morgan fingerprint density at radius 3 is 2.55 bits per heavy atom. The highest BCUT2D eigenvalue weighted by Crippen LogP contribution is 2.44. The molecular formula is C18H24N2O2. The summed E-state index contributed by atoms with van der Waals surface area (Å²) in [6.07, 6.45) is 1.61. The maximum absolute atomic E-state index is 12.9. The smallest absolute Gasteiger partial charge is 0.231 e. The number of amides is 2. The third kappa shape index (κ3) is 2.40. The van der Waals surface area contributed by atoms with E-state index in [2.05, 4.69) is 13.0 Å². The van der Waals surface area contributed by atoms with Gasteiger partial charge in [-0.3, -0.25) is 9.59 Å². The summed E-state index contributed by atoms with van der Waals surface area (Å²) in [4.78, 5) is 29.0. The lowest BCUT2D eigenvalue weighted by Crippen LogP contribution is -2.39. The van der Waals surface area contributed by atoms with E-state index in [1.807, 2.05) is 41.8 Å². The lowest BCUT2D eigenvalue weighted by atomic mass is 10.1. The number of carbonyl (C=O) groups is 2. The van der Waals surface area contributed by atoms with Crippen molar-refractivity contribution in [3.05, 3.63) is 29.8 Å². The average Bonchev–Trinajstić information content (AvgIpc) is 3.24. The van der Waals surface area contributed by atoms with E-state index in [1.165, 1.54) is 5.56 Å². The third-order valence-electron chi connectivity index (χ3n) is 4.94. The van der Waals surface area contributed by atoms with Crippen LogP contribution in [-0.4, -0.2) is 35.8 Å². The predicted molar refractivity (Wildman–Crippen MR) is 86.6 cm³/mol. The summed E-state index contributed by atoms with van der Waals surface area (Å²) in [5.41, 5.74) is 2.26. The molecule has 3 atom stereocenters. The van der Waals surface area contributed by atoms with Gasteiger partial charge in [-0.25, -0.2) is 0 Å². The number of rotatable bonds is 4. The highest BCUT2D eigenvalue weighted by atomic mass is 16.2. The molecule has 0 bridgehead atoms. The Morgan fingerprint density at radius 1 is 1.18 bits per heavy atom. The standard InChI is InChI=1S/C18H24N2O2/c1-4-19(5-2)17(21)14-11-15(14)18(22)20-12(3)10-13-8-6-7-9-16(13)20/h6-9,12,14-15H,4-5,10-11H2,1-3H3. The van der Waals surface area contributed by atoms with Gasteiger partial charge in [-0.15, -0.1) is 0 Å². The third-order valence-corrected chi connectivity index (χ3v) is 4.94. The molecule has 3 rings (SSSR count). The van der Waals surface area contributed by atoms with Crippen LogP contribution in [0.3, 0.4) is 0 Å². The summed E-state index contributed by atoms with van der Waals surface area (Å²) in [6, 6.07) is 8.28. The summed E-state index contributed by atoms with van der Waals surface area (Å²) >= 11 is 0. The van der Waals surface area contributed by atoms with E-state index in [4.69, 9.17) is 0 Å². The molecule has 0 aromatic heterocycles. The summed E-state index contributed by atoms with van der Waals surface area (Å²) < 4.78 is 0. The molecule has 2 aliphatic rings. The lowest BCUT2D eigenvalue weighted by molar-refractivity contribution is -0.134. The second-order valence-corrected chi connectivity index (χ2v) is 6.35. The van der Waals surface area contributed by atoms with Crippen molar-refractivity contribution in [2.75, 3.05) is 18.0 Å². The molecule has 1 fully saturated rings. The zero-order valence-corrected chi connectivity index (χ0v) is 13.6. The van der Waals surface area contributed by atoms with Gasteiger partial charge in [0.2, 0.25) is 11.8 Å². The Morgan fingerprint density at radius 2 is 1.86 bits per heavy atom. The molecular weight excluding hydrogens is 276 g/mol. The van der Waals surface area contributed by atoms with Crippen molar-refractivity contribution in [1.82, 2.24) is 4.90 Å². The Balaban J connectivity index is 1.73. The van der Waals surface area contributed by atoms with Crippen LogP contribution >= 0.6 is 0 Å². The monoisotopic (exact) mass is 300 g/mol. The van der Waals surface area contributed by atoms with E-state index >= 15 is 0 Å². The SMILES string of the molecule is CCN(CC)C(=O)C1CC1C(=O)N1c2ccccc2CC1C. The van der Waals surface area contributed by atoms with Gasteiger partial charge in [0, 0.05) is 24.8 Å². The number of nitrogens with zero attached hydrogens (tertiary/aromatic N) is 2. The molecule has 1 aliphatic heterocycles. The second-order valence-electron chi connectivity index (χ2n) is 6.35. The second kappa shape index (κ2) is 5.75. The average molecular weight is 300 g/mol. The highest BCUT2D eigenvalue weighted by Gasteiger charge is 2.52. The van der Waals surface area contributed by atoms with Gasteiger partial charge in [0.25, 0.3) is 0 Å². The fourth-order valence-corrected chi connectivity index (χ4v) is 3.59. The van der Waals surface area contributed by atoms with Crippen LogP contribution in [0.25, 0.3) is 0 Å². The molecule has 4 heteroatoms. The predicted octanol–water partition coefficient (Wildman–Crippen LogP) is 2.47. The molecule has 0 saturated heterocycles. The topological polar surface area (TPSA) is 40.6 Å². The number of para-hydroxylation sites is 1. The Labute approximate surface area is 132 Å². The minimum atomic E-state index is -0.123. The zero-order chi connectivity index (χ0) is 15.9. The van der Waals surface area contributed by atoms with E-state index < -0.39 is 0 Å². The van der Waals surface area contributed by atoms with Crippen LogP contribution in [0.1, 0.15) is 32.8 Å². The van der Waals surface area contributed by atoms with Gasteiger partial charge in [-0.05, 0) is 45.2 Å². The Kier molecular flexibility index (Phi) is 3.94. The van der Waals surface area contributed by atoms with E-state index in [0.29, 0.717) is 6.42 Å². The lowest BCUT2D eigenvalue weighted by Gasteiger charge is -2.23. The maximum Gasteiger partial charge on any atom is 0.231 e. The number of fused-ring (bicyclic) bond motifs is 1. The summed E-state index contributed by atoms with van der Waals surface area (Å²) in [5.74, 6) is 0.0421. The molecule has 1 aromatic rings. The quantitative estimate of drug-likeness (QED) is 0.857. The molecule has 0 spiro atoms. The fourth-order valence-electron chi connectivity index (χ4n) is 3.59. The first kappa shape index (κ1) is 15.1. The normalized spacial score (nSPS) is 25.8. The molecule has 22 heavy (non-hydrogen) atoms. The van der Waals surface area contributed by atoms with E-state index in [9.17, 15) is 9.59 Å². The molecule has 1 saturated carbocycles. The van der Waals surface area contributed by atoms with Crippen LogP contribution in [-0.2, 0) is 16.0 Å². The van der Waals surface area contributed by atoms with Crippen LogP contribution in [0.15, 0.2) is 24.3 Å². The van der Waals surface area contributed by atoms with Gasteiger partial charge in [0.15, 0.2) is 0 Å². The Hall–Kier alpha value is -1.84. The first-order chi connectivity index (χ1) is 10.6. The number of hydrogen-bond acceptors (Lipinski definition) is 2. The number of benzene rings is 1. The minimum Gasteiger partial charge on any atom is -0.343 e. The van der Waals surface area contributed by atoms with Crippen LogP contribution in [0.5, 0.6) is 0 Å². The molecule has 1 heterocycles. The van der Waals surface area contributed by atoms with Gasteiger partial charge in [-0.1, -0.05) is 18.2 Å². The molecule has 0 N–H and O–H groups in total. The molecule has 4 nitrogen and oxygen atoms in total. The molecule has 2 amide bonds. The van der Waals surface area contributed by atoms with Crippen LogP contribution in [0, 0.1) is 11.8 Å². The first-order valence-electron chi connectivity index (χ1n) is 8.28. The van der Waals surface area contributed by atoms with Gasteiger partial charge in [-0.2, -0.15) is 0 Å². The summed E-state index contributed by atoms with van der Waals surface area (Å²) in [6.45, 7) is 7.49. The fraction of sp³-hybridized carbons (Fsp3) is 0.556. The minimum absolute atomic E-state index is 0.104. The number of carbonyl (C=O) groups excluding carboxylic acids is 2. The van der Waals surface area contributed by atoms with E-state index in [1.54, 1.807) is 0 Å². The van der Waals surface area contributed by atoms with Crippen molar-refractivity contribution in [2.24, 2.45) is 11.8 Å². The van der Waals surface area contributed by atoms with Crippen molar-refractivity contribution in [1.29, 1.82) is 0 Å². The Bertz CT molecular complexity index is 595. The first-order valence-corrected chi connectivity index (χ1v) is 8.28. The van der Waals surface area contributed by atoms with E-state index in [-0.39, 0.29) is 29.7 Å². The highest BCUT2D eigenvalue weighted by molar-refractivity contribution is 6.02. The molecule has 118 valence electrons. The van der Waals surface area contributed by atoms with Crippen LogP contribution in [0.4, 0.5) is 5.69 Å². The van der Waals surface area contributed by atoms with Crippen molar-refractivity contribution < 1.29 is 9.59 Å². The largest absolute Gasteiger partial charge is 0.343 e. The summed E-state index contributed by atoms with van der Waals surface area (Å²) in [5, 5.41) is 0. The van der Waals surface area contributed by atoms with Crippen molar-refractivity contribution in [3.8, 4) is 0 Å². The zero-order valence-electron chi connectivity index (χ0n) is 13.6.